The summed E-state index contributed by atoms with van der Waals surface area (Å²) in [5, 5.41) is 2.27. The highest BCUT2D eigenvalue weighted by Crippen LogP contribution is 2.25. The van der Waals surface area contributed by atoms with Crippen LogP contribution in [0.5, 0.6) is 5.75 Å². The first-order valence-electron chi connectivity index (χ1n) is 9.86. The van der Waals surface area contributed by atoms with Crippen LogP contribution in [0.3, 0.4) is 0 Å². The molecule has 0 aliphatic carbocycles. The quantitative estimate of drug-likeness (QED) is 0.553. The van der Waals surface area contributed by atoms with Crippen molar-refractivity contribution >= 4 is 41.5 Å². The maximum Gasteiger partial charge on any atom is 0.225 e. The molecule has 7 heteroatoms. The van der Waals surface area contributed by atoms with Crippen molar-refractivity contribution in [1.29, 1.82) is 0 Å². The summed E-state index contributed by atoms with van der Waals surface area (Å²) in [5.74, 6) is 1.07. The Morgan fingerprint density at radius 3 is 2.47 bits per heavy atom. The maximum absolute atomic E-state index is 12.1. The van der Waals surface area contributed by atoms with E-state index in [1.54, 1.807) is 12.4 Å². The van der Waals surface area contributed by atoms with E-state index >= 15 is 0 Å². The number of fused-ring (bicyclic) bond motifs is 1. The molecule has 0 spiro atoms. The minimum Gasteiger partial charge on any atom is -0.489 e. The van der Waals surface area contributed by atoms with Crippen molar-refractivity contribution < 1.29 is 9.53 Å². The van der Waals surface area contributed by atoms with Gasteiger partial charge in [-0.15, -0.1) is 24.8 Å². The molecular formula is C23H27Cl2N3O2. The number of pyridine rings is 2. The van der Waals surface area contributed by atoms with Crippen LogP contribution in [0.2, 0.25) is 0 Å². The molecule has 1 aromatic carbocycles. The van der Waals surface area contributed by atoms with Crippen molar-refractivity contribution in [1.82, 2.24) is 14.9 Å². The Balaban J connectivity index is 0.00000160. The third-order valence-electron chi connectivity index (χ3n) is 5.22. The third-order valence-corrected chi connectivity index (χ3v) is 5.22. The van der Waals surface area contributed by atoms with E-state index in [9.17, 15) is 4.79 Å². The van der Waals surface area contributed by atoms with Crippen molar-refractivity contribution in [2.75, 3.05) is 13.1 Å². The fourth-order valence-corrected chi connectivity index (χ4v) is 3.62. The number of aromatic nitrogens is 2. The fraction of sp³-hybridized carbons (Fsp3) is 0.348. The highest BCUT2D eigenvalue weighted by Gasteiger charge is 2.25. The molecule has 160 valence electrons. The smallest absolute Gasteiger partial charge is 0.225 e. The van der Waals surface area contributed by atoms with Gasteiger partial charge in [0.2, 0.25) is 5.91 Å². The molecule has 0 radical (unpaired) electrons. The number of amides is 1. The number of piperidine rings is 1. The van der Waals surface area contributed by atoms with Gasteiger partial charge in [-0.05, 0) is 29.7 Å². The average molecular weight is 448 g/mol. The van der Waals surface area contributed by atoms with Crippen molar-refractivity contribution in [3.8, 4) is 17.0 Å². The van der Waals surface area contributed by atoms with Crippen molar-refractivity contribution in [2.24, 2.45) is 5.92 Å². The number of carbonyl (C=O) groups excluding carboxylic acids is 1. The van der Waals surface area contributed by atoms with Gasteiger partial charge in [0, 0.05) is 55.2 Å². The molecule has 1 amide bonds. The largest absolute Gasteiger partial charge is 0.489 e. The first-order chi connectivity index (χ1) is 13.6. The van der Waals surface area contributed by atoms with Crippen LogP contribution in [0, 0.1) is 5.92 Å². The Morgan fingerprint density at radius 2 is 1.80 bits per heavy atom. The van der Waals surface area contributed by atoms with Gasteiger partial charge >= 0.3 is 0 Å². The molecule has 0 unspecified atom stereocenters. The molecular weight excluding hydrogens is 421 g/mol. The van der Waals surface area contributed by atoms with E-state index in [-0.39, 0.29) is 42.7 Å². The van der Waals surface area contributed by atoms with E-state index in [2.05, 4.69) is 28.2 Å². The number of ether oxygens (including phenoxy) is 1. The lowest BCUT2D eigenvalue weighted by atomic mass is 10.1. The molecule has 0 N–H and O–H groups in total. The van der Waals surface area contributed by atoms with E-state index in [0.29, 0.717) is 0 Å². The zero-order valence-electron chi connectivity index (χ0n) is 17.2. The highest BCUT2D eigenvalue weighted by atomic mass is 35.5. The van der Waals surface area contributed by atoms with E-state index in [0.717, 1.165) is 53.7 Å². The zero-order chi connectivity index (χ0) is 19.5. The monoisotopic (exact) mass is 447 g/mol. The summed E-state index contributed by atoms with van der Waals surface area (Å²) in [6, 6.07) is 12.2. The minimum atomic E-state index is 0. The lowest BCUT2D eigenvalue weighted by molar-refractivity contribution is -0.136. The summed E-state index contributed by atoms with van der Waals surface area (Å²) in [6.07, 6.45) is 7.31. The van der Waals surface area contributed by atoms with Gasteiger partial charge in [0.25, 0.3) is 0 Å². The SMILES string of the molecule is CC(C)C(=O)N1CCC(Oc2ccc(-c3ccc4cnccc4c3)nc2)CC1.Cl.Cl. The molecule has 0 bridgehead atoms. The summed E-state index contributed by atoms with van der Waals surface area (Å²) in [5.41, 5.74) is 1.99. The Bertz CT molecular complexity index is 972. The zero-order valence-corrected chi connectivity index (χ0v) is 18.8. The van der Waals surface area contributed by atoms with E-state index < -0.39 is 0 Å². The third kappa shape index (κ3) is 5.41. The predicted octanol–water partition coefficient (Wildman–Crippen LogP) is 5.17. The molecule has 1 aliphatic rings. The maximum atomic E-state index is 12.1. The van der Waals surface area contributed by atoms with Crippen LogP contribution in [0.4, 0.5) is 0 Å². The van der Waals surface area contributed by atoms with E-state index in [4.69, 9.17) is 4.74 Å². The van der Waals surface area contributed by atoms with Gasteiger partial charge in [-0.3, -0.25) is 14.8 Å². The van der Waals surface area contributed by atoms with Crippen LogP contribution in [-0.2, 0) is 4.79 Å². The van der Waals surface area contributed by atoms with Crippen LogP contribution < -0.4 is 4.74 Å². The number of benzene rings is 1. The second kappa shape index (κ2) is 10.6. The molecule has 3 aromatic rings. The van der Waals surface area contributed by atoms with Gasteiger partial charge < -0.3 is 9.64 Å². The lowest BCUT2D eigenvalue weighted by Gasteiger charge is -2.33. The summed E-state index contributed by atoms with van der Waals surface area (Å²) >= 11 is 0. The standard InChI is InChI=1S/C23H25N3O2.2ClH/c1-16(2)23(27)26-11-8-20(9-12-26)28-21-5-6-22(25-15-21)18-3-4-19-14-24-10-7-17(19)13-18;;/h3-7,10,13-16,20H,8-9,11-12H2,1-2H3;2*1H. The molecule has 1 aliphatic heterocycles. The number of carbonyl (C=O) groups is 1. The molecule has 1 saturated heterocycles. The summed E-state index contributed by atoms with van der Waals surface area (Å²) in [7, 11) is 0. The van der Waals surface area contributed by atoms with Crippen molar-refractivity contribution in [3.05, 3.63) is 55.0 Å². The summed E-state index contributed by atoms with van der Waals surface area (Å²) in [4.78, 5) is 22.8. The fourth-order valence-electron chi connectivity index (χ4n) is 3.62. The molecule has 2 aromatic heterocycles. The molecule has 5 nitrogen and oxygen atoms in total. The minimum absolute atomic E-state index is 0. The number of halogens is 2. The number of rotatable bonds is 4. The van der Waals surface area contributed by atoms with Crippen LogP contribution in [0.1, 0.15) is 26.7 Å². The molecule has 30 heavy (non-hydrogen) atoms. The summed E-state index contributed by atoms with van der Waals surface area (Å²) in [6.45, 7) is 5.42. The van der Waals surface area contributed by atoms with Gasteiger partial charge in [-0.1, -0.05) is 26.0 Å². The molecule has 3 heterocycles. The summed E-state index contributed by atoms with van der Waals surface area (Å²) < 4.78 is 6.10. The topological polar surface area (TPSA) is 55.3 Å². The number of likely N-dealkylation sites (tertiary alicyclic amines) is 1. The molecule has 0 atom stereocenters. The first-order valence-corrected chi connectivity index (χ1v) is 9.86. The average Bonchev–Trinajstić information content (AvgIpc) is 2.74. The van der Waals surface area contributed by atoms with E-state index in [1.807, 2.05) is 43.1 Å². The Morgan fingerprint density at radius 1 is 1.03 bits per heavy atom. The molecule has 1 fully saturated rings. The van der Waals surface area contributed by atoms with Crippen LogP contribution in [0.15, 0.2) is 55.0 Å². The number of hydrogen-bond donors (Lipinski definition) is 0. The van der Waals surface area contributed by atoms with Gasteiger partial charge in [0.15, 0.2) is 0 Å². The normalized spacial score (nSPS) is 14.2. The second-order valence-corrected chi connectivity index (χ2v) is 7.61. The first kappa shape index (κ1) is 23.9. The van der Waals surface area contributed by atoms with Gasteiger partial charge in [0.05, 0.1) is 11.9 Å². The second-order valence-electron chi connectivity index (χ2n) is 7.61. The Hall–Kier alpha value is -2.37. The highest BCUT2D eigenvalue weighted by molar-refractivity contribution is 5.86. The van der Waals surface area contributed by atoms with E-state index in [1.165, 1.54) is 0 Å². The predicted molar refractivity (Wildman–Crippen MR) is 125 cm³/mol. The lowest BCUT2D eigenvalue weighted by Crippen LogP contribution is -2.43. The van der Waals surface area contributed by atoms with Gasteiger partial charge in [0.1, 0.15) is 11.9 Å². The Labute approximate surface area is 189 Å². The number of nitrogens with zero attached hydrogens (tertiary/aromatic N) is 3. The van der Waals surface area contributed by atoms with Crippen LogP contribution in [0.25, 0.3) is 22.0 Å². The van der Waals surface area contributed by atoms with Gasteiger partial charge in [-0.2, -0.15) is 0 Å². The Kier molecular flexibility index (Phi) is 8.44. The number of hydrogen-bond acceptors (Lipinski definition) is 4. The van der Waals surface area contributed by atoms with Crippen molar-refractivity contribution in [2.45, 2.75) is 32.8 Å². The molecule has 4 rings (SSSR count). The van der Waals surface area contributed by atoms with Crippen LogP contribution in [-0.4, -0.2) is 40.0 Å². The van der Waals surface area contributed by atoms with Crippen LogP contribution >= 0.6 is 24.8 Å². The molecule has 0 saturated carbocycles. The van der Waals surface area contributed by atoms with Gasteiger partial charge in [-0.25, -0.2) is 0 Å². The van der Waals surface area contributed by atoms with Crippen molar-refractivity contribution in [3.63, 3.8) is 0 Å².